The number of benzene rings is 1. The number of halogens is 1. The van der Waals surface area contributed by atoms with E-state index in [-0.39, 0.29) is 11.4 Å². The normalized spacial score (nSPS) is 18.1. The molecule has 0 unspecified atom stereocenters. The van der Waals surface area contributed by atoms with Gasteiger partial charge in [-0.05, 0) is 69.9 Å². The lowest BCUT2D eigenvalue weighted by atomic mass is 10.0. The molecule has 2 aromatic heterocycles. The van der Waals surface area contributed by atoms with Crippen LogP contribution in [0.25, 0.3) is 16.9 Å². The predicted molar refractivity (Wildman–Crippen MR) is 115 cm³/mol. The molecule has 0 atom stereocenters. The quantitative estimate of drug-likeness (QED) is 0.672. The first-order chi connectivity index (χ1) is 14.4. The third kappa shape index (κ3) is 4.36. The molecule has 3 heterocycles. The van der Waals surface area contributed by atoms with Crippen LogP contribution in [0.3, 0.4) is 0 Å². The SMILES string of the molecule is CC1(C)CNCCN1C=O.Cc1cn2nc(-c3ccc(F)cc3)cc(C3CC3)c2n1. The largest absolute Gasteiger partial charge is 0.338 e. The van der Waals surface area contributed by atoms with E-state index in [2.05, 4.69) is 35.3 Å². The maximum atomic E-state index is 13.0. The van der Waals surface area contributed by atoms with Crippen LogP contribution in [0.2, 0.25) is 0 Å². The summed E-state index contributed by atoms with van der Waals surface area (Å²) in [7, 11) is 0. The van der Waals surface area contributed by atoms with Crippen LogP contribution >= 0.6 is 0 Å². The molecule has 1 saturated carbocycles. The van der Waals surface area contributed by atoms with Crippen molar-refractivity contribution in [3.05, 3.63) is 53.6 Å². The Balaban J connectivity index is 0.000000185. The molecular formula is C23H28FN5O. The Kier molecular flexibility index (Phi) is 5.56. The van der Waals surface area contributed by atoms with Gasteiger partial charge in [0.2, 0.25) is 6.41 Å². The van der Waals surface area contributed by atoms with Gasteiger partial charge in [0, 0.05) is 36.3 Å². The van der Waals surface area contributed by atoms with E-state index in [4.69, 9.17) is 0 Å². The summed E-state index contributed by atoms with van der Waals surface area (Å²) in [6.45, 7) is 8.74. The molecule has 1 aliphatic heterocycles. The van der Waals surface area contributed by atoms with E-state index >= 15 is 0 Å². The lowest BCUT2D eigenvalue weighted by Crippen LogP contribution is -2.57. The molecule has 2 aliphatic rings. The summed E-state index contributed by atoms with van der Waals surface area (Å²) in [4.78, 5) is 16.9. The van der Waals surface area contributed by atoms with Crippen molar-refractivity contribution < 1.29 is 9.18 Å². The van der Waals surface area contributed by atoms with Gasteiger partial charge in [0.25, 0.3) is 0 Å². The molecule has 1 aromatic carbocycles. The van der Waals surface area contributed by atoms with Crippen molar-refractivity contribution in [3.8, 4) is 11.3 Å². The summed E-state index contributed by atoms with van der Waals surface area (Å²) in [5.74, 6) is 0.372. The van der Waals surface area contributed by atoms with Gasteiger partial charge in [-0.15, -0.1) is 0 Å². The highest BCUT2D eigenvalue weighted by Gasteiger charge is 2.28. The Morgan fingerprint density at radius 3 is 2.57 bits per heavy atom. The number of aromatic nitrogens is 3. The van der Waals surface area contributed by atoms with E-state index in [0.29, 0.717) is 5.92 Å². The van der Waals surface area contributed by atoms with E-state index in [1.54, 1.807) is 12.1 Å². The molecule has 6 nitrogen and oxygen atoms in total. The molecule has 3 aromatic rings. The van der Waals surface area contributed by atoms with Crippen LogP contribution in [0.15, 0.2) is 36.5 Å². The maximum absolute atomic E-state index is 13.0. The number of carbonyl (C=O) groups excluding carboxylic acids is 1. The number of nitrogens with one attached hydrogen (secondary N) is 1. The molecule has 30 heavy (non-hydrogen) atoms. The van der Waals surface area contributed by atoms with E-state index in [0.717, 1.165) is 48.6 Å². The summed E-state index contributed by atoms with van der Waals surface area (Å²) in [5, 5.41) is 7.84. The highest BCUT2D eigenvalue weighted by atomic mass is 19.1. The fourth-order valence-electron chi connectivity index (χ4n) is 3.76. The molecule has 1 amide bonds. The number of piperazine rings is 1. The van der Waals surface area contributed by atoms with E-state index in [1.807, 2.05) is 22.5 Å². The summed E-state index contributed by atoms with van der Waals surface area (Å²) in [6, 6.07) is 8.58. The van der Waals surface area contributed by atoms with Crippen LogP contribution in [0.1, 0.15) is 43.9 Å². The van der Waals surface area contributed by atoms with Crippen molar-refractivity contribution in [1.82, 2.24) is 24.8 Å². The Bertz CT molecular complexity index is 1040. The second kappa shape index (κ2) is 8.14. The number of hydrogen-bond donors (Lipinski definition) is 1. The molecule has 158 valence electrons. The third-order valence-corrected chi connectivity index (χ3v) is 5.72. The Hall–Kier alpha value is -2.80. The molecule has 7 heteroatoms. The van der Waals surface area contributed by atoms with Crippen molar-refractivity contribution in [2.45, 2.75) is 45.1 Å². The number of fused-ring (bicyclic) bond motifs is 1. The molecular weight excluding hydrogens is 381 g/mol. The molecule has 5 rings (SSSR count). The van der Waals surface area contributed by atoms with E-state index in [1.165, 1.54) is 30.5 Å². The molecule has 0 bridgehead atoms. The molecule has 1 N–H and O–H groups in total. The molecule has 2 fully saturated rings. The predicted octanol–water partition coefficient (Wildman–Crippen LogP) is 3.55. The minimum absolute atomic E-state index is 0. The Morgan fingerprint density at radius 1 is 1.23 bits per heavy atom. The van der Waals surface area contributed by atoms with Crippen LogP contribution in [-0.2, 0) is 4.79 Å². The van der Waals surface area contributed by atoms with Crippen molar-refractivity contribution in [3.63, 3.8) is 0 Å². The van der Waals surface area contributed by atoms with Crippen molar-refractivity contribution in [2.24, 2.45) is 0 Å². The molecule has 0 spiro atoms. The second-order valence-electron chi connectivity index (χ2n) is 8.70. The zero-order valence-corrected chi connectivity index (χ0v) is 17.7. The minimum atomic E-state index is -0.226. The van der Waals surface area contributed by atoms with Gasteiger partial charge in [-0.1, -0.05) is 0 Å². The zero-order valence-electron chi connectivity index (χ0n) is 17.7. The van der Waals surface area contributed by atoms with E-state index in [9.17, 15) is 9.18 Å². The number of nitrogens with zero attached hydrogens (tertiary/aromatic N) is 4. The lowest BCUT2D eigenvalue weighted by molar-refractivity contribution is -0.123. The van der Waals surface area contributed by atoms with Crippen LogP contribution in [0.5, 0.6) is 0 Å². The van der Waals surface area contributed by atoms with Crippen molar-refractivity contribution in [1.29, 1.82) is 0 Å². The fraction of sp³-hybridized carbons (Fsp3) is 0.435. The van der Waals surface area contributed by atoms with Gasteiger partial charge in [0.05, 0.1) is 17.6 Å². The average molecular weight is 410 g/mol. The van der Waals surface area contributed by atoms with Crippen molar-refractivity contribution in [2.75, 3.05) is 19.6 Å². The van der Waals surface area contributed by atoms with Gasteiger partial charge < -0.3 is 10.2 Å². The minimum Gasteiger partial charge on any atom is -0.338 e. The number of carbonyl (C=O) groups is 1. The summed E-state index contributed by atoms with van der Waals surface area (Å²) in [6.07, 6.45) is 5.30. The van der Waals surface area contributed by atoms with Crippen LogP contribution < -0.4 is 5.32 Å². The summed E-state index contributed by atoms with van der Waals surface area (Å²) in [5.41, 5.74) is 4.98. The van der Waals surface area contributed by atoms with Crippen LogP contribution in [0.4, 0.5) is 4.39 Å². The first kappa shape index (κ1) is 20.5. The number of imidazole rings is 1. The molecule has 1 saturated heterocycles. The van der Waals surface area contributed by atoms with Gasteiger partial charge >= 0.3 is 0 Å². The number of hydrogen-bond acceptors (Lipinski definition) is 4. The van der Waals surface area contributed by atoms with Crippen LogP contribution in [0, 0.1) is 12.7 Å². The third-order valence-electron chi connectivity index (χ3n) is 5.72. The molecule has 0 radical (unpaired) electrons. The van der Waals surface area contributed by atoms with Crippen LogP contribution in [-0.4, -0.2) is 51.1 Å². The zero-order chi connectivity index (χ0) is 21.3. The smallest absolute Gasteiger partial charge is 0.210 e. The second-order valence-corrected chi connectivity index (χ2v) is 8.70. The Labute approximate surface area is 176 Å². The number of rotatable bonds is 3. The number of amides is 1. The van der Waals surface area contributed by atoms with Crippen molar-refractivity contribution >= 4 is 12.1 Å². The summed E-state index contributed by atoms with van der Waals surface area (Å²) < 4.78 is 14.9. The number of aryl methyl sites for hydroxylation is 1. The first-order valence-corrected chi connectivity index (χ1v) is 10.4. The first-order valence-electron chi connectivity index (χ1n) is 10.4. The molecule has 1 aliphatic carbocycles. The highest BCUT2D eigenvalue weighted by molar-refractivity contribution is 5.64. The van der Waals surface area contributed by atoms with Gasteiger partial charge in [0.1, 0.15) is 5.82 Å². The van der Waals surface area contributed by atoms with E-state index < -0.39 is 0 Å². The van der Waals surface area contributed by atoms with Gasteiger partial charge in [-0.3, -0.25) is 4.79 Å². The average Bonchev–Trinajstić information content (AvgIpc) is 3.49. The topological polar surface area (TPSA) is 62.5 Å². The standard InChI is InChI=1S/C16H14FN3.C7H14N2O/c1-10-9-20-16(18-10)14(11-2-3-11)8-15(19-20)12-4-6-13(17)7-5-12;1-7(2)5-8-3-4-9(7)6-10/h4-9,11H,2-3H2,1H3;6,8H,3-5H2,1-2H3. The van der Waals surface area contributed by atoms with Gasteiger partial charge in [-0.25, -0.2) is 13.9 Å². The lowest BCUT2D eigenvalue weighted by Gasteiger charge is -2.40. The van der Waals surface area contributed by atoms with Gasteiger partial charge in [0.15, 0.2) is 5.65 Å². The monoisotopic (exact) mass is 409 g/mol. The van der Waals surface area contributed by atoms with Gasteiger partial charge in [-0.2, -0.15) is 5.10 Å². The Morgan fingerprint density at radius 2 is 1.97 bits per heavy atom. The summed E-state index contributed by atoms with van der Waals surface area (Å²) >= 11 is 0. The highest BCUT2D eigenvalue weighted by Crippen LogP contribution is 2.42. The fourth-order valence-corrected chi connectivity index (χ4v) is 3.76. The maximum Gasteiger partial charge on any atom is 0.210 e.